The second-order valence-electron chi connectivity index (χ2n) is 2.70. The Morgan fingerprint density at radius 3 is 2.40 bits per heavy atom. The summed E-state index contributed by atoms with van der Waals surface area (Å²) >= 11 is 0. The summed E-state index contributed by atoms with van der Waals surface area (Å²) in [7, 11) is 0. The Bertz CT molecular complexity index is 343. The van der Waals surface area contributed by atoms with Gasteiger partial charge in [-0.2, -0.15) is 0 Å². The molecule has 1 rings (SSSR count). The monoisotopic (exact) mass is 204 g/mol. The highest BCUT2D eigenvalue weighted by atomic mass is 16.6. The van der Waals surface area contributed by atoms with Crippen molar-refractivity contribution in [3.05, 3.63) is 61.6 Å². The van der Waals surface area contributed by atoms with Crippen LogP contribution in [0.25, 0.3) is 0 Å². The van der Waals surface area contributed by atoms with E-state index in [4.69, 9.17) is 4.74 Å². The summed E-state index contributed by atoms with van der Waals surface area (Å²) in [6.07, 6.45) is 1.49. The Morgan fingerprint density at radius 1 is 1.20 bits per heavy atom. The Balaban J connectivity index is 2.87. The van der Waals surface area contributed by atoms with Crippen molar-refractivity contribution in [1.82, 2.24) is 0 Å². The molecule has 0 aliphatic heterocycles. The molecule has 0 saturated carbocycles. The molecule has 0 saturated heterocycles. The lowest BCUT2D eigenvalue weighted by atomic mass is 10.1. The van der Waals surface area contributed by atoms with Gasteiger partial charge in [-0.25, -0.2) is 4.79 Å². The molecule has 0 amide bonds. The van der Waals surface area contributed by atoms with Crippen LogP contribution in [0.1, 0.15) is 11.7 Å². The molecule has 0 unspecified atom stereocenters. The highest BCUT2D eigenvalue weighted by Crippen LogP contribution is 2.18. The Kier molecular flexibility index (Phi) is 4.16. The first-order chi connectivity index (χ1) is 7.29. The number of benzene rings is 1. The summed E-state index contributed by atoms with van der Waals surface area (Å²) in [5.74, 6) is -0.517. The lowest BCUT2D eigenvalue weighted by Gasteiger charge is -2.13. The lowest BCUT2D eigenvalue weighted by molar-refractivity contribution is -0.148. The fourth-order valence-electron chi connectivity index (χ4n) is 1.14. The number of esters is 1. The highest BCUT2D eigenvalue weighted by Gasteiger charge is 2.21. The van der Waals surface area contributed by atoms with Gasteiger partial charge < -0.3 is 9.47 Å². The molecule has 3 nitrogen and oxygen atoms in total. The molecule has 1 atom stereocenters. The second kappa shape index (κ2) is 5.65. The number of hydrogen-bond acceptors (Lipinski definition) is 3. The van der Waals surface area contributed by atoms with Crippen molar-refractivity contribution in [2.24, 2.45) is 0 Å². The quantitative estimate of drug-likeness (QED) is 0.546. The predicted molar refractivity (Wildman–Crippen MR) is 56.8 cm³/mol. The fourth-order valence-corrected chi connectivity index (χ4v) is 1.14. The van der Waals surface area contributed by atoms with Crippen molar-refractivity contribution in [1.29, 1.82) is 0 Å². The average molecular weight is 204 g/mol. The van der Waals surface area contributed by atoms with Gasteiger partial charge in [0.2, 0.25) is 6.10 Å². The van der Waals surface area contributed by atoms with E-state index in [0.717, 1.165) is 6.26 Å². The van der Waals surface area contributed by atoms with Crippen LogP contribution in [0.4, 0.5) is 0 Å². The largest absolute Gasteiger partial charge is 0.482 e. The zero-order valence-electron chi connectivity index (χ0n) is 8.26. The average Bonchev–Trinajstić information content (AvgIpc) is 2.27. The van der Waals surface area contributed by atoms with Gasteiger partial charge in [0.25, 0.3) is 0 Å². The van der Waals surface area contributed by atoms with Crippen LogP contribution in [0.3, 0.4) is 0 Å². The molecule has 0 bridgehead atoms. The molecule has 1 aromatic rings. The normalized spacial score (nSPS) is 11.2. The van der Waals surface area contributed by atoms with Crippen molar-refractivity contribution >= 4 is 5.97 Å². The van der Waals surface area contributed by atoms with Crippen LogP contribution in [0.15, 0.2) is 56.0 Å². The van der Waals surface area contributed by atoms with Crippen molar-refractivity contribution in [2.45, 2.75) is 6.10 Å². The van der Waals surface area contributed by atoms with Crippen molar-refractivity contribution in [3.63, 3.8) is 0 Å². The van der Waals surface area contributed by atoms with Crippen LogP contribution < -0.4 is 0 Å². The first kappa shape index (κ1) is 11.0. The molecule has 0 fully saturated rings. The maximum atomic E-state index is 11.5. The highest BCUT2D eigenvalue weighted by molar-refractivity contribution is 5.77. The molecule has 78 valence electrons. The molecule has 3 heteroatoms. The Labute approximate surface area is 88.6 Å². The molecule has 0 aromatic heterocycles. The Hall–Kier alpha value is -2.03. The van der Waals surface area contributed by atoms with Gasteiger partial charge in [0.1, 0.15) is 0 Å². The Morgan fingerprint density at radius 2 is 1.87 bits per heavy atom. The minimum Gasteiger partial charge on any atom is -0.482 e. The number of rotatable bonds is 5. The molecular weight excluding hydrogens is 192 g/mol. The molecule has 0 radical (unpaired) electrons. The number of carbonyl (C=O) groups is 1. The maximum Gasteiger partial charge on any atom is 0.356 e. The van der Waals surface area contributed by atoms with Crippen molar-refractivity contribution in [2.75, 3.05) is 0 Å². The van der Waals surface area contributed by atoms with E-state index in [0.29, 0.717) is 5.56 Å². The summed E-state index contributed by atoms with van der Waals surface area (Å²) in [6, 6.07) is 9.04. The number of hydrogen-bond donors (Lipinski definition) is 0. The van der Waals surface area contributed by atoms with E-state index in [1.165, 1.54) is 6.26 Å². The molecule has 0 aliphatic carbocycles. The fraction of sp³-hybridized carbons (Fsp3) is 0.0833. The van der Waals surface area contributed by atoms with Gasteiger partial charge in [-0.3, -0.25) is 0 Å². The summed E-state index contributed by atoms with van der Waals surface area (Å²) in [5, 5.41) is 0. The van der Waals surface area contributed by atoms with E-state index in [1.807, 2.05) is 18.2 Å². The van der Waals surface area contributed by atoms with Crippen LogP contribution in [-0.4, -0.2) is 5.97 Å². The zero-order chi connectivity index (χ0) is 11.1. The van der Waals surface area contributed by atoms with Crippen LogP contribution in [0.5, 0.6) is 0 Å². The standard InChI is InChI=1S/C12H12O3/c1-3-14-11(12(13)15-4-2)10-8-6-5-7-9-10/h3-9,11H,1-2H2/t11-/m1/s1. The van der Waals surface area contributed by atoms with Crippen molar-refractivity contribution < 1.29 is 14.3 Å². The smallest absolute Gasteiger partial charge is 0.356 e. The third-order valence-electron chi connectivity index (χ3n) is 1.75. The van der Waals surface area contributed by atoms with E-state index in [9.17, 15) is 4.79 Å². The zero-order valence-corrected chi connectivity index (χ0v) is 8.26. The first-order valence-electron chi connectivity index (χ1n) is 4.42. The van der Waals surface area contributed by atoms with Gasteiger partial charge >= 0.3 is 5.97 Å². The molecule has 0 heterocycles. The van der Waals surface area contributed by atoms with E-state index in [-0.39, 0.29) is 0 Å². The van der Waals surface area contributed by atoms with Gasteiger partial charge in [0.15, 0.2) is 0 Å². The number of ether oxygens (including phenoxy) is 2. The maximum absolute atomic E-state index is 11.5. The van der Waals surface area contributed by atoms with E-state index >= 15 is 0 Å². The van der Waals surface area contributed by atoms with Crippen LogP contribution in [0.2, 0.25) is 0 Å². The molecular formula is C12H12O3. The molecule has 15 heavy (non-hydrogen) atoms. The van der Waals surface area contributed by atoms with Gasteiger partial charge in [-0.15, -0.1) is 0 Å². The summed E-state index contributed by atoms with van der Waals surface area (Å²) in [4.78, 5) is 11.5. The summed E-state index contributed by atoms with van der Waals surface area (Å²) < 4.78 is 9.75. The lowest BCUT2D eigenvalue weighted by Crippen LogP contribution is -2.14. The van der Waals surface area contributed by atoms with Crippen LogP contribution in [-0.2, 0) is 14.3 Å². The summed E-state index contributed by atoms with van der Waals surface area (Å²) in [6.45, 7) is 6.73. The number of carbonyl (C=O) groups excluding carboxylic acids is 1. The molecule has 0 aliphatic rings. The van der Waals surface area contributed by atoms with Gasteiger partial charge in [0.05, 0.1) is 12.5 Å². The topological polar surface area (TPSA) is 35.5 Å². The molecule has 0 spiro atoms. The van der Waals surface area contributed by atoms with E-state index < -0.39 is 12.1 Å². The third-order valence-corrected chi connectivity index (χ3v) is 1.75. The van der Waals surface area contributed by atoms with Crippen LogP contribution >= 0.6 is 0 Å². The SMILES string of the molecule is C=COC(=O)[C@H](OC=C)c1ccccc1. The van der Waals surface area contributed by atoms with Gasteiger partial charge in [-0.1, -0.05) is 43.5 Å². The van der Waals surface area contributed by atoms with Gasteiger partial charge in [-0.05, 0) is 0 Å². The third kappa shape index (κ3) is 2.98. The second-order valence-corrected chi connectivity index (χ2v) is 2.70. The predicted octanol–water partition coefficient (Wildman–Crippen LogP) is 2.57. The van der Waals surface area contributed by atoms with Crippen molar-refractivity contribution in [3.8, 4) is 0 Å². The van der Waals surface area contributed by atoms with Crippen LogP contribution in [0, 0.1) is 0 Å². The van der Waals surface area contributed by atoms with Gasteiger partial charge in [0, 0.05) is 5.56 Å². The first-order valence-corrected chi connectivity index (χ1v) is 4.42. The molecule has 1 aromatic carbocycles. The summed E-state index contributed by atoms with van der Waals surface area (Å²) in [5.41, 5.74) is 0.712. The van der Waals surface area contributed by atoms with E-state index in [2.05, 4.69) is 17.9 Å². The molecule has 0 N–H and O–H groups in total. The minimum absolute atomic E-state index is 0.517. The minimum atomic E-state index is -0.790. The van der Waals surface area contributed by atoms with E-state index in [1.54, 1.807) is 12.1 Å².